The fraction of sp³-hybridized carbons (Fsp3) is 0.188. The van der Waals surface area contributed by atoms with Gasteiger partial charge in [-0.15, -0.1) is 0 Å². The summed E-state index contributed by atoms with van der Waals surface area (Å²) in [5.41, 5.74) is -6.06. The zero-order valence-corrected chi connectivity index (χ0v) is 29.3. The Kier molecular flexibility index (Phi) is 12.1. The van der Waals surface area contributed by atoms with E-state index in [0.717, 1.165) is 50.2 Å². The van der Waals surface area contributed by atoms with E-state index in [-0.39, 0.29) is 0 Å². The smallest absolute Gasteiger partial charge is 0.416 e. The van der Waals surface area contributed by atoms with Gasteiger partial charge in [0.25, 0.3) is 10.5 Å². The molecule has 0 saturated heterocycles. The van der Waals surface area contributed by atoms with Gasteiger partial charge in [-0.2, -0.15) is 26.3 Å². The van der Waals surface area contributed by atoms with Crippen LogP contribution < -0.4 is 14.2 Å². The first kappa shape index (κ1) is 40.9. The van der Waals surface area contributed by atoms with Crippen LogP contribution in [0.5, 0.6) is 23.0 Å². The normalized spacial score (nSPS) is 12.8. The highest BCUT2D eigenvalue weighted by molar-refractivity contribution is 6.64. The van der Waals surface area contributed by atoms with Gasteiger partial charge < -0.3 is 14.2 Å². The number of hydrogen-bond donors (Lipinski definition) is 0. The number of carbonyl (C=O) groups is 2. The molecule has 4 rings (SSSR count). The molecule has 53 heavy (non-hydrogen) atoms. The van der Waals surface area contributed by atoms with E-state index in [1.165, 1.54) is 0 Å². The molecule has 0 fully saturated rings. The van der Waals surface area contributed by atoms with Crippen LogP contribution in [0.25, 0.3) is 22.3 Å². The zero-order valence-electron chi connectivity index (χ0n) is 26.3. The van der Waals surface area contributed by atoms with E-state index in [1.807, 2.05) is 0 Å². The summed E-state index contributed by atoms with van der Waals surface area (Å²) >= 11 is 23.7. The van der Waals surface area contributed by atoms with Gasteiger partial charge in [0.1, 0.15) is 11.5 Å². The average Bonchev–Trinajstić information content (AvgIpc) is 3.04. The zero-order chi connectivity index (χ0) is 39.7. The highest BCUT2D eigenvalue weighted by Gasteiger charge is 2.36. The molecule has 0 saturated carbocycles. The van der Waals surface area contributed by atoms with E-state index in [0.29, 0.717) is 24.3 Å². The average molecular weight is 830 g/mol. The minimum absolute atomic E-state index is 0.392. The highest BCUT2D eigenvalue weighted by Crippen LogP contribution is 2.53. The number of hydrogen-bond acceptors (Lipinski definition) is 9. The molecule has 0 heterocycles. The van der Waals surface area contributed by atoms with Gasteiger partial charge in [-0.1, -0.05) is 35.3 Å². The number of nitro benzene ring substituents is 2. The van der Waals surface area contributed by atoms with Gasteiger partial charge in [-0.25, -0.2) is 0 Å². The minimum Gasteiger partial charge on any atom is -0.474 e. The summed E-state index contributed by atoms with van der Waals surface area (Å²) in [6.45, 7) is 2.18. The van der Waals surface area contributed by atoms with Gasteiger partial charge in [0.15, 0.2) is 12.2 Å². The molecular weight excluding hydrogens is 812 g/mol. The van der Waals surface area contributed by atoms with Crippen LogP contribution in [-0.2, 0) is 21.9 Å². The Hall–Kier alpha value is -4.84. The van der Waals surface area contributed by atoms with Crippen LogP contribution in [0.15, 0.2) is 60.7 Å². The molecule has 0 N–H and O–H groups in total. The number of rotatable bonds is 12. The number of halogens is 10. The van der Waals surface area contributed by atoms with Crippen molar-refractivity contribution in [3.8, 4) is 45.3 Å². The van der Waals surface area contributed by atoms with Gasteiger partial charge in [0, 0.05) is 33.3 Å². The minimum atomic E-state index is -4.89. The largest absolute Gasteiger partial charge is 0.474 e. The summed E-state index contributed by atoms with van der Waals surface area (Å²) in [6.07, 6.45) is -13.0. The monoisotopic (exact) mass is 828 g/mol. The van der Waals surface area contributed by atoms with E-state index >= 15 is 0 Å². The summed E-state index contributed by atoms with van der Waals surface area (Å²) in [5, 5.41) is 20.7. The summed E-state index contributed by atoms with van der Waals surface area (Å²) in [6, 6.07) is 7.17. The second-order valence-corrected chi connectivity index (χ2v) is 12.3. The maximum atomic E-state index is 13.6. The maximum Gasteiger partial charge on any atom is 0.416 e. The lowest BCUT2D eigenvalue weighted by atomic mass is 9.99. The van der Waals surface area contributed by atoms with Gasteiger partial charge in [0.05, 0.1) is 32.1 Å². The maximum absolute atomic E-state index is 13.6. The molecule has 0 radical (unpaired) electrons. The van der Waals surface area contributed by atoms with Crippen molar-refractivity contribution in [2.45, 2.75) is 38.4 Å². The third kappa shape index (κ3) is 9.04. The molecule has 4 aromatic carbocycles. The van der Waals surface area contributed by atoms with Crippen molar-refractivity contribution in [2.24, 2.45) is 0 Å². The van der Waals surface area contributed by atoms with Crippen molar-refractivity contribution in [3.63, 3.8) is 0 Å². The molecule has 0 spiro atoms. The molecule has 0 aromatic heterocycles. The van der Waals surface area contributed by atoms with Crippen molar-refractivity contribution < 1.29 is 60.0 Å². The number of carbonyl (C=O) groups excluding carboxylic acids is 2. The number of nitro groups is 2. The highest BCUT2D eigenvalue weighted by atomic mass is 35.5. The Labute approximate surface area is 313 Å². The van der Waals surface area contributed by atoms with Crippen LogP contribution in [0.4, 0.5) is 37.7 Å². The van der Waals surface area contributed by atoms with Crippen molar-refractivity contribution in [1.82, 2.24) is 0 Å². The molecule has 2 atom stereocenters. The van der Waals surface area contributed by atoms with E-state index in [2.05, 4.69) is 0 Å². The van der Waals surface area contributed by atoms with Crippen LogP contribution in [0, 0.1) is 20.2 Å². The Balaban J connectivity index is 2.14. The third-order valence-electron chi connectivity index (χ3n) is 7.17. The molecule has 0 bridgehead atoms. The number of ether oxygens (including phenoxy) is 3. The van der Waals surface area contributed by atoms with E-state index < -0.39 is 123 Å². The Morgan fingerprint density at radius 3 is 1.25 bits per heavy atom. The number of benzene rings is 4. The SMILES string of the molecule is CC(Oc1c([N+](=O)[O-])ccc(Oc2ccc([N+](=O)[O-])c(OC(C)C(=O)Cl)c2-c2ccc(C(F)(F)F)cc2Cl)c1-c1ccc(C(F)(F)F)cc1Cl)C(=O)Cl. The summed E-state index contributed by atoms with van der Waals surface area (Å²) in [7, 11) is 0. The topological polar surface area (TPSA) is 148 Å². The first-order chi connectivity index (χ1) is 24.5. The molecular formula is C32H18Cl4F6N2O9. The van der Waals surface area contributed by atoms with Crippen molar-refractivity contribution in [3.05, 3.63) is 102 Å². The van der Waals surface area contributed by atoms with E-state index in [4.69, 9.17) is 60.6 Å². The van der Waals surface area contributed by atoms with Crippen LogP contribution in [0.2, 0.25) is 10.0 Å². The van der Waals surface area contributed by atoms with Crippen LogP contribution >= 0.6 is 46.4 Å². The second kappa shape index (κ2) is 15.6. The fourth-order valence-electron chi connectivity index (χ4n) is 4.67. The van der Waals surface area contributed by atoms with Gasteiger partial charge >= 0.3 is 23.7 Å². The molecule has 0 aliphatic heterocycles. The molecule has 0 aliphatic carbocycles. The summed E-state index contributed by atoms with van der Waals surface area (Å²) in [5.74, 6) is -2.65. The lowest BCUT2D eigenvalue weighted by Crippen LogP contribution is -2.20. The van der Waals surface area contributed by atoms with Crippen molar-refractivity contribution in [1.29, 1.82) is 0 Å². The summed E-state index contributed by atoms with van der Waals surface area (Å²) < 4.78 is 98.5. The van der Waals surface area contributed by atoms with Crippen molar-refractivity contribution >= 4 is 68.3 Å². The summed E-state index contributed by atoms with van der Waals surface area (Å²) in [4.78, 5) is 46.3. The molecule has 11 nitrogen and oxygen atoms in total. The van der Waals surface area contributed by atoms with Crippen LogP contribution in [-0.4, -0.2) is 32.5 Å². The van der Waals surface area contributed by atoms with Crippen molar-refractivity contribution in [2.75, 3.05) is 0 Å². The van der Waals surface area contributed by atoms with Gasteiger partial charge in [-0.3, -0.25) is 29.8 Å². The van der Waals surface area contributed by atoms with Gasteiger partial charge in [-0.05, 0) is 73.4 Å². The van der Waals surface area contributed by atoms with Crippen LogP contribution in [0.1, 0.15) is 25.0 Å². The predicted octanol–water partition coefficient (Wildman–Crippen LogP) is 11.0. The van der Waals surface area contributed by atoms with E-state index in [9.17, 15) is 56.2 Å². The Bertz CT molecular complexity index is 2000. The van der Waals surface area contributed by atoms with E-state index in [1.54, 1.807) is 0 Å². The Morgan fingerprint density at radius 2 is 0.981 bits per heavy atom. The lowest BCUT2D eigenvalue weighted by molar-refractivity contribution is -0.386. The quantitative estimate of drug-likeness (QED) is 0.0588. The molecule has 2 unspecified atom stereocenters. The standard InChI is InChI=1S/C32H18Cl4F6N2O9/c1-13(29(35)45)51-27-21(43(47)48)7-9-23(25(27)17-5-3-15(11-19(17)33)31(37,38)39)53-24-10-8-22(44(49)50)28(52-14(2)30(36)46)26(24)18-6-4-16(12-20(18)34)32(40,41)42/h3-14H,1-2H3. The fourth-order valence-corrected chi connectivity index (χ4v) is 5.31. The Morgan fingerprint density at radius 1 is 0.642 bits per heavy atom. The molecule has 0 amide bonds. The molecule has 4 aromatic rings. The van der Waals surface area contributed by atoms with Gasteiger partial charge in [0.2, 0.25) is 11.5 Å². The number of nitrogens with zero attached hydrogens (tertiary/aromatic N) is 2. The van der Waals surface area contributed by atoms with Crippen LogP contribution in [0.3, 0.4) is 0 Å². The first-order valence-corrected chi connectivity index (χ1v) is 15.8. The molecule has 21 heteroatoms. The molecule has 0 aliphatic rings. The predicted molar refractivity (Wildman–Crippen MR) is 179 cm³/mol. The molecule has 280 valence electrons. The first-order valence-electron chi connectivity index (χ1n) is 14.3. The lowest BCUT2D eigenvalue weighted by Gasteiger charge is -2.22. The third-order valence-corrected chi connectivity index (χ3v) is 8.41. The number of alkyl halides is 6. The second-order valence-electron chi connectivity index (χ2n) is 10.7.